The van der Waals surface area contributed by atoms with Gasteiger partial charge in [0.05, 0.1) is 5.54 Å². The van der Waals surface area contributed by atoms with Gasteiger partial charge in [-0.05, 0) is 38.1 Å². The minimum atomic E-state index is -0.691. The summed E-state index contributed by atoms with van der Waals surface area (Å²) in [6.07, 6.45) is 1.67. The Balaban J connectivity index is 1.78. The number of rotatable bonds is 5. The number of benzene rings is 2. The third-order valence-corrected chi connectivity index (χ3v) is 4.67. The van der Waals surface area contributed by atoms with Gasteiger partial charge in [0.2, 0.25) is 0 Å². The Hall–Kier alpha value is -2.93. The van der Waals surface area contributed by atoms with Crippen LogP contribution in [-0.4, -0.2) is 11.0 Å². The van der Waals surface area contributed by atoms with E-state index in [0.717, 1.165) is 5.01 Å². The van der Waals surface area contributed by atoms with Crippen LogP contribution in [-0.2, 0) is 5.54 Å². The summed E-state index contributed by atoms with van der Waals surface area (Å²) in [6.45, 7) is 3.66. The van der Waals surface area contributed by atoms with Crippen molar-refractivity contribution < 1.29 is 13.9 Å². The van der Waals surface area contributed by atoms with Gasteiger partial charge in [0.15, 0.2) is 11.6 Å². The second-order valence-corrected chi connectivity index (χ2v) is 6.96. The van der Waals surface area contributed by atoms with E-state index in [1.807, 2.05) is 37.4 Å². The zero-order valence-electron chi connectivity index (χ0n) is 14.3. The highest BCUT2D eigenvalue weighted by Crippen LogP contribution is 2.32. The zero-order chi connectivity index (χ0) is 18.6. The van der Waals surface area contributed by atoms with Crippen LogP contribution in [0, 0.1) is 5.82 Å². The number of amides is 2. The van der Waals surface area contributed by atoms with Crippen LogP contribution in [0.25, 0.3) is 0 Å². The first-order valence-electron chi connectivity index (χ1n) is 7.96. The normalized spacial score (nSPS) is 11.0. The van der Waals surface area contributed by atoms with Crippen LogP contribution < -0.4 is 15.4 Å². The summed E-state index contributed by atoms with van der Waals surface area (Å²) in [5.41, 5.74) is -0.715. The number of halogens is 1. The lowest BCUT2D eigenvalue weighted by molar-refractivity contribution is 0.241. The summed E-state index contributed by atoms with van der Waals surface area (Å²) in [6, 6.07) is 12.8. The number of nitrogens with zero attached hydrogens (tertiary/aromatic N) is 1. The number of hydrogen-bond donors (Lipinski definition) is 2. The van der Waals surface area contributed by atoms with Crippen molar-refractivity contribution in [1.29, 1.82) is 0 Å². The molecule has 3 rings (SSSR count). The van der Waals surface area contributed by atoms with Crippen molar-refractivity contribution in [3.8, 4) is 11.5 Å². The van der Waals surface area contributed by atoms with Crippen molar-refractivity contribution in [2.45, 2.75) is 19.4 Å². The van der Waals surface area contributed by atoms with E-state index in [4.69, 9.17) is 4.74 Å². The smallest absolute Gasteiger partial charge is 0.320 e. The van der Waals surface area contributed by atoms with Gasteiger partial charge in [-0.25, -0.2) is 14.2 Å². The van der Waals surface area contributed by atoms with Crippen molar-refractivity contribution in [2.24, 2.45) is 0 Å². The molecule has 0 atom stereocenters. The molecule has 2 amide bonds. The van der Waals surface area contributed by atoms with Gasteiger partial charge in [0.1, 0.15) is 16.4 Å². The molecular formula is C19H18FN3O2S. The Bertz CT molecular complexity index is 883. The Labute approximate surface area is 154 Å². The molecule has 26 heavy (non-hydrogen) atoms. The maximum Gasteiger partial charge on any atom is 0.320 e. The van der Waals surface area contributed by atoms with Crippen molar-refractivity contribution in [3.05, 3.63) is 70.9 Å². The number of hydrogen-bond acceptors (Lipinski definition) is 4. The third-order valence-electron chi connectivity index (χ3n) is 3.58. The van der Waals surface area contributed by atoms with Gasteiger partial charge in [-0.2, -0.15) is 0 Å². The van der Waals surface area contributed by atoms with E-state index in [9.17, 15) is 9.18 Å². The summed E-state index contributed by atoms with van der Waals surface area (Å²) in [7, 11) is 0. The van der Waals surface area contributed by atoms with Crippen LogP contribution in [0.1, 0.15) is 18.9 Å². The molecule has 1 heterocycles. The van der Waals surface area contributed by atoms with Gasteiger partial charge in [-0.15, -0.1) is 11.3 Å². The van der Waals surface area contributed by atoms with Gasteiger partial charge in [0, 0.05) is 11.6 Å². The maximum absolute atomic E-state index is 14.3. The predicted octanol–water partition coefficient (Wildman–Crippen LogP) is 5.13. The summed E-state index contributed by atoms with van der Waals surface area (Å²) < 4.78 is 20.0. The molecule has 2 N–H and O–H groups in total. The molecule has 0 aliphatic rings. The number of urea groups is 1. The van der Waals surface area contributed by atoms with Crippen molar-refractivity contribution in [3.63, 3.8) is 0 Å². The molecule has 0 bridgehead atoms. The van der Waals surface area contributed by atoms with Crippen LogP contribution >= 0.6 is 11.3 Å². The first-order chi connectivity index (χ1) is 12.5. The van der Waals surface area contributed by atoms with Gasteiger partial charge in [0.25, 0.3) is 0 Å². The maximum atomic E-state index is 14.3. The molecule has 0 spiro atoms. The molecule has 0 saturated carbocycles. The van der Waals surface area contributed by atoms with E-state index < -0.39 is 17.4 Å². The van der Waals surface area contributed by atoms with Crippen LogP contribution in [0.3, 0.4) is 0 Å². The average Bonchev–Trinajstić information content (AvgIpc) is 3.14. The molecular weight excluding hydrogens is 353 g/mol. The number of anilines is 1. The Morgan fingerprint density at radius 3 is 2.62 bits per heavy atom. The highest BCUT2D eigenvalue weighted by Gasteiger charge is 2.26. The lowest BCUT2D eigenvalue weighted by Gasteiger charge is -2.24. The summed E-state index contributed by atoms with van der Waals surface area (Å²) >= 11 is 1.43. The second kappa shape index (κ2) is 7.53. The number of ether oxygens (including phenoxy) is 1. The average molecular weight is 371 g/mol. The molecule has 0 saturated heterocycles. The summed E-state index contributed by atoms with van der Waals surface area (Å²) in [4.78, 5) is 16.6. The van der Waals surface area contributed by atoms with Crippen LogP contribution in [0.5, 0.6) is 11.5 Å². The lowest BCUT2D eigenvalue weighted by atomic mass is 10.1. The minimum absolute atomic E-state index is 0.0243. The molecule has 134 valence electrons. The van der Waals surface area contributed by atoms with Gasteiger partial charge < -0.3 is 15.4 Å². The second-order valence-electron chi connectivity index (χ2n) is 6.07. The number of thiazole rings is 1. The highest BCUT2D eigenvalue weighted by atomic mass is 32.1. The number of aromatic nitrogens is 1. The van der Waals surface area contributed by atoms with Gasteiger partial charge in [-0.3, -0.25) is 0 Å². The molecule has 0 radical (unpaired) electrons. The quantitative estimate of drug-likeness (QED) is 0.653. The number of carbonyl (C=O) groups excluding carboxylic acids is 1. The fourth-order valence-electron chi connectivity index (χ4n) is 2.34. The third kappa shape index (κ3) is 4.18. The van der Waals surface area contributed by atoms with Gasteiger partial charge in [-0.1, -0.05) is 24.3 Å². The summed E-state index contributed by atoms with van der Waals surface area (Å²) in [5.74, 6) is 0.184. The topological polar surface area (TPSA) is 63.2 Å². The summed E-state index contributed by atoms with van der Waals surface area (Å²) in [5, 5.41) is 7.93. The van der Waals surface area contributed by atoms with E-state index in [-0.39, 0.29) is 11.4 Å². The fourth-order valence-corrected chi connectivity index (χ4v) is 3.06. The van der Waals surface area contributed by atoms with Crippen LogP contribution in [0.2, 0.25) is 0 Å². The van der Waals surface area contributed by atoms with Crippen LogP contribution in [0.4, 0.5) is 14.9 Å². The van der Waals surface area contributed by atoms with E-state index in [0.29, 0.717) is 5.75 Å². The predicted molar refractivity (Wildman–Crippen MR) is 100 cm³/mol. The molecule has 0 unspecified atom stereocenters. The molecule has 2 aromatic carbocycles. The van der Waals surface area contributed by atoms with Crippen molar-refractivity contribution >= 4 is 23.1 Å². The Kier molecular flexibility index (Phi) is 5.18. The molecule has 3 aromatic rings. The molecule has 0 aliphatic heterocycles. The zero-order valence-corrected chi connectivity index (χ0v) is 15.1. The Morgan fingerprint density at radius 1 is 1.15 bits per heavy atom. The molecule has 0 fully saturated rings. The van der Waals surface area contributed by atoms with Crippen LogP contribution in [0.15, 0.2) is 60.1 Å². The van der Waals surface area contributed by atoms with E-state index in [2.05, 4.69) is 15.6 Å². The Morgan fingerprint density at radius 2 is 1.92 bits per heavy atom. The molecule has 7 heteroatoms. The number of carbonyl (C=O) groups is 1. The fraction of sp³-hybridized carbons (Fsp3) is 0.158. The highest BCUT2D eigenvalue weighted by molar-refractivity contribution is 7.09. The first-order valence-corrected chi connectivity index (χ1v) is 8.84. The monoisotopic (exact) mass is 371 g/mol. The van der Waals surface area contributed by atoms with E-state index >= 15 is 0 Å². The molecule has 5 nitrogen and oxygen atoms in total. The van der Waals surface area contributed by atoms with Gasteiger partial charge >= 0.3 is 6.03 Å². The van der Waals surface area contributed by atoms with E-state index in [1.54, 1.807) is 24.4 Å². The van der Waals surface area contributed by atoms with E-state index in [1.165, 1.54) is 23.5 Å². The number of nitrogens with one attached hydrogen (secondary N) is 2. The lowest BCUT2D eigenvalue weighted by Crippen LogP contribution is -2.43. The standard InChI is InChI=1S/C19H18FN3O2S/c1-19(2,17-21-11-12-26-17)23-18(24)22-16-14(20)9-6-10-15(16)25-13-7-4-3-5-8-13/h3-12H,1-2H3,(H2,22,23,24). The van der Waals surface area contributed by atoms with Crippen molar-refractivity contribution in [1.82, 2.24) is 10.3 Å². The number of para-hydroxylation sites is 2. The molecule has 0 aliphatic carbocycles. The molecule has 1 aromatic heterocycles. The largest absolute Gasteiger partial charge is 0.455 e. The minimum Gasteiger partial charge on any atom is -0.455 e. The first kappa shape index (κ1) is 17.9. The van der Waals surface area contributed by atoms with Crippen molar-refractivity contribution in [2.75, 3.05) is 5.32 Å². The SMILES string of the molecule is CC(C)(NC(=O)Nc1c(F)cccc1Oc1ccccc1)c1nccs1.